The van der Waals surface area contributed by atoms with E-state index in [1.165, 1.54) is 6.08 Å². The second-order valence-corrected chi connectivity index (χ2v) is 9.20. The van der Waals surface area contributed by atoms with Gasteiger partial charge in [0.2, 0.25) is 12.0 Å². The number of hydrogen-bond donors (Lipinski definition) is 2. The van der Waals surface area contributed by atoms with Gasteiger partial charge in [0.15, 0.2) is 0 Å². The smallest absolute Gasteiger partial charge is 0.408 e. The number of nitrogens with zero attached hydrogens (tertiary/aromatic N) is 1. The van der Waals surface area contributed by atoms with E-state index in [9.17, 15) is 19.2 Å². The molecule has 0 aliphatic heterocycles. The summed E-state index contributed by atoms with van der Waals surface area (Å²) in [6.45, 7) is 14.1. The van der Waals surface area contributed by atoms with E-state index in [-0.39, 0.29) is 18.8 Å². The van der Waals surface area contributed by atoms with Crippen LogP contribution in [0, 0.1) is 5.92 Å². The molecule has 0 heterocycles. The Hall–Kier alpha value is -2.41. The molecule has 0 rings (SSSR count). The van der Waals surface area contributed by atoms with E-state index >= 15 is 0 Å². The molecule has 0 aromatic rings. The van der Waals surface area contributed by atoms with Gasteiger partial charge in [-0.05, 0) is 60.3 Å². The topological polar surface area (TPSA) is 123 Å². The van der Waals surface area contributed by atoms with Gasteiger partial charge in [-0.1, -0.05) is 13.8 Å². The molecular weight excluding hydrogens is 378 g/mol. The van der Waals surface area contributed by atoms with E-state index in [1.54, 1.807) is 41.5 Å². The fraction of sp³-hybridized carbons (Fsp3) is 0.800. The molecule has 2 N–H and O–H groups in total. The lowest BCUT2D eigenvalue weighted by Gasteiger charge is -2.25. The van der Waals surface area contributed by atoms with E-state index in [0.29, 0.717) is 6.42 Å². The highest BCUT2D eigenvalue weighted by molar-refractivity contribution is 5.86. The number of nitrogens with one attached hydrogen (secondary N) is 2. The monoisotopic (exact) mass is 413 g/mol. The lowest BCUT2D eigenvalue weighted by Crippen LogP contribution is -2.50. The fourth-order valence-corrected chi connectivity index (χ4v) is 2.29. The van der Waals surface area contributed by atoms with Crippen molar-refractivity contribution >= 4 is 24.0 Å². The maximum atomic E-state index is 12.7. The summed E-state index contributed by atoms with van der Waals surface area (Å²) in [5.74, 6) is -0.911. The molecule has 0 radical (unpaired) electrons. The van der Waals surface area contributed by atoms with Gasteiger partial charge in [-0.3, -0.25) is 9.59 Å². The van der Waals surface area contributed by atoms with Crippen LogP contribution in [0.3, 0.4) is 0 Å². The molecule has 0 aromatic carbocycles. The van der Waals surface area contributed by atoms with Crippen molar-refractivity contribution in [2.45, 2.75) is 98.1 Å². The number of esters is 1. The summed E-state index contributed by atoms with van der Waals surface area (Å²) in [6.07, 6.45) is 0.211. The van der Waals surface area contributed by atoms with Gasteiger partial charge in [0, 0.05) is 6.42 Å². The molecule has 9 nitrogen and oxygen atoms in total. The first kappa shape index (κ1) is 26.6. The van der Waals surface area contributed by atoms with E-state index in [0.717, 1.165) is 0 Å². The van der Waals surface area contributed by atoms with Crippen LogP contribution in [0.1, 0.15) is 74.7 Å². The number of amides is 2. The molecule has 0 bridgehead atoms. The average Bonchev–Trinajstić information content (AvgIpc) is 2.47. The lowest BCUT2D eigenvalue weighted by molar-refractivity contribution is -0.155. The van der Waals surface area contributed by atoms with E-state index in [1.807, 2.05) is 13.8 Å². The summed E-state index contributed by atoms with van der Waals surface area (Å²) in [6, 6.07) is -1.06. The molecule has 0 fully saturated rings. The van der Waals surface area contributed by atoms with Gasteiger partial charge in [-0.15, -0.1) is 0 Å². The number of rotatable bonds is 9. The quantitative estimate of drug-likeness (QED) is 0.340. The number of carbonyl (C=O) groups excluding carboxylic acids is 4. The van der Waals surface area contributed by atoms with Crippen LogP contribution in [0.5, 0.6) is 0 Å². The van der Waals surface area contributed by atoms with Gasteiger partial charge in [-0.25, -0.2) is 9.59 Å². The first-order valence-electron chi connectivity index (χ1n) is 9.71. The Morgan fingerprint density at radius 1 is 0.966 bits per heavy atom. The molecule has 29 heavy (non-hydrogen) atoms. The van der Waals surface area contributed by atoms with Crippen LogP contribution in [0.4, 0.5) is 4.79 Å². The Kier molecular flexibility index (Phi) is 10.6. The molecule has 0 saturated carbocycles. The highest BCUT2D eigenvalue weighted by Crippen LogP contribution is 2.12. The fourth-order valence-electron chi connectivity index (χ4n) is 2.29. The normalized spacial score (nSPS) is 13.7. The van der Waals surface area contributed by atoms with Gasteiger partial charge >= 0.3 is 12.1 Å². The highest BCUT2D eigenvalue weighted by Gasteiger charge is 2.27. The van der Waals surface area contributed by atoms with Gasteiger partial charge in [0.1, 0.15) is 23.4 Å². The third-order valence-electron chi connectivity index (χ3n) is 3.28. The number of aliphatic imine (C=N–C) groups is 1. The first-order valence-corrected chi connectivity index (χ1v) is 9.71. The summed E-state index contributed by atoms with van der Waals surface area (Å²) in [7, 11) is 0. The van der Waals surface area contributed by atoms with E-state index in [2.05, 4.69) is 15.6 Å². The van der Waals surface area contributed by atoms with Crippen molar-refractivity contribution in [2.75, 3.05) is 0 Å². The molecule has 2 atom stereocenters. The Bertz CT molecular complexity index is 613. The first-order chi connectivity index (χ1) is 13.1. The number of ether oxygens (including phenoxy) is 2. The molecule has 0 aliphatic carbocycles. The Balaban J connectivity index is 5.22. The van der Waals surface area contributed by atoms with Crippen molar-refractivity contribution in [1.29, 1.82) is 0 Å². The summed E-state index contributed by atoms with van der Waals surface area (Å²) in [5, 5.41) is 5.07. The molecule has 9 heteroatoms. The van der Waals surface area contributed by atoms with Gasteiger partial charge in [0.25, 0.3) is 0 Å². The van der Waals surface area contributed by atoms with Crippen LogP contribution < -0.4 is 10.6 Å². The minimum atomic E-state index is -1.06. The summed E-state index contributed by atoms with van der Waals surface area (Å²) >= 11 is 0. The maximum absolute atomic E-state index is 12.7. The standard InChI is InChI=1S/C20H35N3O6/c1-13(2)11-15(21-12-24)23-17(26)14(22-18(27)29-20(6,7)8)9-10-16(25)28-19(3,4)5/h13-15H,9-11H2,1-8H3,(H,22,27)(H,23,26)/t14-,15-/m0/s1. The number of isocyanates is 1. The molecule has 0 unspecified atom stereocenters. The Morgan fingerprint density at radius 2 is 1.52 bits per heavy atom. The third-order valence-corrected chi connectivity index (χ3v) is 3.28. The lowest BCUT2D eigenvalue weighted by atomic mass is 10.1. The molecule has 0 aliphatic rings. The molecular formula is C20H35N3O6. The highest BCUT2D eigenvalue weighted by atomic mass is 16.6. The summed E-state index contributed by atoms with van der Waals surface area (Å²) in [5.41, 5.74) is -1.41. The van der Waals surface area contributed by atoms with Crippen molar-refractivity contribution in [3.05, 3.63) is 0 Å². The molecule has 0 spiro atoms. The minimum absolute atomic E-state index is 0.000802. The predicted octanol–water partition coefficient (Wildman–Crippen LogP) is 2.83. The zero-order chi connectivity index (χ0) is 22.8. The van der Waals surface area contributed by atoms with Crippen LogP contribution in [0.2, 0.25) is 0 Å². The van der Waals surface area contributed by atoms with Crippen molar-refractivity contribution in [2.24, 2.45) is 10.9 Å². The van der Waals surface area contributed by atoms with Crippen LogP contribution in [-0.4, -0.2) is 47.5 Å². The minimum Gasteiger partial charge on any atom is -0.460 e. The van der Waals surface area contributed by atoms with Gasteiger partial charge in [-0.2, -0.15) is 4.99 Å². The molecule has 0 saturated heterocycles. The number of carbonyl (C=O) groups is 3. The van der Waals surface area contributed by atoms with Crippen LogP contribution in [0.15, 0.2) is 4.99 Å². The summed E-state index contributed by atoms with van der Waals surface area (Å²) < 4.78 is 10.4. The van der Waals surface area contributed by atoms with Crippen molar-refractivity contribution in [3.63, 3.8) is 0 Å². The van der Waals surface area contributed by atoms with Crippen molar-refractivity contribution in [3.8, 4) is 0 Å². The van der Waals surface area contributed by atoms with E-state index < -0.39 is 41.4 Å². The number of alkyl carbamates (subject to hydrolysis) is 1. The SMILES string of the molecule is CC(C)C[C@@H](N=C=O)NC(=O)[C@H](CCC(=O)OC(C)(C)C)NC(=O)OC(C)(C)C. The molecule has 0 aromatic heterocycles. The largest absolute Gasteiger partial charge is 0.460 e. The molecule has 166 valence electrons. The van der Waals surface area contributed by atoms with Crippen LogP contribution >= 0.6 is 0 Å². The average molecular weight is 414 g/mol. The van der Waals surface area contributed by atoms with Gasteiger partial charge < -0.3 is 20.1 Å². The van der Waals surface area contributed by atoms with Crippen molar-refractivity contribution < 1.29 is 28.7 Å². The van der Waals surface area contributed by atoms with Crippen molar-refractivity contribution in [1.82, 2.24) is 10.6 Å². The van der Waals surface area contributed by atoms with Crippen LogP contribution in [-0.2, 0) is 23.9 Å². The predicted molar refractivity (Wildman–Crippen MR) is 108 cm³/mol. The molecule has 2 amide bonds. The number of hydrogen-bond acceptors (Lipinski definition) is 7. The van der Waals surface area contributed by atoms with Gasteiger partial charge in [0.05, 0.1) is 0 Å². The maximum Gasteiger partial charge on any atom is 0.408 e. The zero-order valence-corrected chi connectivity index (χ0v) is 18.8. The summed E-state index contributed by atoms with van der Waals surface area (Å²) in [4.78, 5) is 51.0. The Labute approximate surface area is 173 Å². The van der Waals surface area contributed by atoms with E-state index in [4.69, 9.17) is 9.47 Å². The third kappa shape index (κ3) is 14.3. The second kappa shape index (κ2) is 11.6. The zero-order valence-electron chi connectivity index (χ0n) is 18.8. The second-order valence-electron chi connectivity index (χ2n) is 9.20. The Morgan fingerprint density at radius 3 is 1.97 bits per heavy atom. The van der Waals surface area contributed by atoms with Crippen LogP contribution in [0.25, 0.3) is 0 Å².